The van der Waals surface area contributed by atoms with Crippen molar-refractivity contribution in [3.05, 3.63) is 84.1 Å². The molecule has 0 fully saturated rings. The van der Waals surface area contributed by atoms with Crippen LogP contribution in [0.25, 0.3) is 22.3 Å². The van der Waals surface area contributed by atoms with E-state index < -0.39 is 0 Å². The molecule has 8 heteroatoms. The molecule has 2 aromatic heterocycles. The van der Waals surface area contributed by atoms with Gasteiger partial charge >= 0.3 is 0 Å². The normalized spacial score (nSPS) is 15.1. The second kappa shape index (κ2) is 7.72. The summed E-state index contributed by atoms with van der Waals surface area (Å²) in [6, 6.07) is 11.4. The van der Waals surface area contributed by atoms with Crippen LogP contribution in [0.2, 0.25) is 0 Å². The fraction of sp³-hybridized carbons (Fsp3) is 0.0435. The monoisotopic (exact) mass is 410 g/mol. The largest absolute Gasteiger partial charge is 0.322 e. The van der Waals surface area contributed by atoms with Gasteiger partial charge in [-0.2, -0.15) is 10.2 Å². The Morgan fingerprint density at radius 3 is 2.81 bits per heavy atom. The molecule has 150 valence electrons. The van der Waals surface area contributed by atoms with E-state index in [-0.39, 0.29) is 17.6 Å². The molecule has 0 bridgehead atoms. The lowest BCUT2D eigenvalue weighted by molar-refractivity contribution is -0.112. The second-order valence-electron chi connectivity index (χ2n) is 6.89. The van der Waals surface area contributed by atoms with Crippen LogP contribution in [0.4, 0.5) is 10.1 Å². The quantitative estimate of drug-likeness (QED) is 0.447. The van der Waals surface area contributed by atoms with Gasteiger partial charge in [-0.1, -0.05) is 24.0 Å². The Kier molecular flexibility index (Phi) is 4.61. The summed E-state index contributed by atoms with van der Waals surface area (Å²) in [7, 11) is 0. The van der Waals surface area contributed by atoms with Crippen LogP contribution in [0.15, 0.2) is 72.6 Å². The molecule has 1 amide bonds. The number of nitrogens with one attached hydrogen (secondary N) is 3. The summed E-state index contributed by atoms with van der Waals surface area (Å²) in [5.41, 5.74) is 3.43. The summed E-state index contributed by atoms with van der Waals surface area (Å²) in [5, 5.41) is 17.8. The molecule has 1 aliphatic carbocycles. The lowest BCUT2D eigenvalue weighted by Crippen LogP contribution is -2.13. The molecule has 31 heavy (non-hydrogen) atoms. The number of hydrogen-bond donors (Lipinski definition) is 3. The maximum absolute atomic E-state index is 13.1. The highest BCUT2D eigenvalue weighted by atomic mass is 19.1. The first-order valence-electron chi connectivity index (χ1n) is 9.47. The van der Waals surface area contributed by atoms with E-state index in [1.54, 1.807) is 12.2 Å². The number of nitrogens with zero attached hydrogens (tertiary/aromatic N) is 3. The molecule has 1 aliphatic rings. The highest BCUT2D eigenvalue weighted by Gasteiger charge is 2.16. The summed E-state index contributed by atoms with van der Waals surface area (Å²) in [4.78, 5) is 16.7. The van der Waals surface area contributed by atoms with Gasteiger partial charge < -0.3 is 5.32 Å². The van der Waals surface area contributed by atoms with Gasteiger partial charge in [-0.15, -0.1) is 0 Å². The Morgan fingerprint density at radius 1 is 1.13 bits per heavy atom. The second-order valence-corrected chi connectivity index (χ2v) is 6.89. The van der Waals surface area contributed by atoms with Crippen molar-refractivity contribution in [1.29, 1.82) is 0 Å². The van der Waals surface area contributed by atoms with Crippen LogP contribution in [0.3, 0.4) is 0 Å². The Hall–Kier alpha value is -4.51. The van der Waals surface area contributed by atoms with Crippen LogP contribution < -0.4 is 5.32 Å². The molecular formula is C23H15FN6O. The van der Waals surface area contributed by atoms with Crippen molar-refractivity contribution in [2.24, 2.45) is 0 Å². The number of carbonyl (C=O) groups is 1. The Morgan fingerprint density at radius 2 is 2.00 bits per heavy atom. The Balaban J connectivity index is 1.39. The summed E-state index contributed by atoms with van der Waals surface area (Å²) >= 11 is 0. The number of carbonyl (C=O) groups excluding carboxylic acids is 1. The molecule has 5 rings (SSSR count). The maximum atomic E-state index is 13.1. The number of benzene rings is 2. The zero-order valence-corrected chi connectivity index (χ0v) is 16.1. The van der Waals surface area contributed by atoms with Crippen molar-refractivity contribution in [2.75, 3.05) is 5.32 Å². The van der Waals surface area contributed by atoms with Crippen molar-refractivity contribution in [1.82, 2.24) is 25.4 Å². The van der Waals surface area contributed by atoms with Crippen molar-refractivity contribution in [3.8, 4) is 23.2 Å². The van der Waals surface area contributed by atoms with E-state index in [1.165, 1.54) is 30.6 Å². The van der Waals surface area contributed by atoms with Gasteiger partial charge in [-0.05, 0) is 42.5 Å². The Bertz CT molecular complexity index is 1390. The molecule has 0 saturated heterocycles. The number of rotatable bonds is 4. The molecule has 1 unspecified atom stereocenters. The van der Waals surface area contributed by atoms with Crippen LogP contribution in [-0.2, 0) is 4.79 Å². The lowest BCUT2D eigenvalue weighted by atomic mass is 10.0. The smallest absolute Gasteiger partial charge is 0.256 e. The zero-order valence-electron chi connectivity index (χ0n) is 16.1. The third-order valence-corrected chi connectivity index (χ3v) is 4.88. The standard InChI is InChI=1S/C23H15FN6O/c24-17-7-9-18(10-8-17)27-23(31)15-3-1-2-14(4-5-15)21-19-12-16(22-25-13-26-30-22)6-11-20(19)28-29-21/h3-14H,(H,27,31)(H,28,29)(H,25,26,30). The fourth-order valence-electron chi connectivity index (χ4n) is 3.31. The van der Waals surface area contributed by atoms with Crippen molar-refractivity contribution < 1.29 is 9.18 Å². The SMILES string of the molecule is O=C(Nc1ccc(F)cc1)C1=CC#CC(c2[nH]nc3ccc(-c4ncn[nH]4)cc23)C=C1. The van der Waals surface area contributed by atoms with E-state index in [2.05, 4.69) is 42.5 Å². The molecular weight excluding hydrogens is 395 g/mol. The fourth-order valence-corrected chi connectivity index (χ4v) is 3.31. The summed E-state index contributed by atoms with van der Waals surface area (Å²) in [6.07, 6.45) is 6.58. The van der Waals surface area contributed by atoms with Crippen molar-refractivity contribution in [2.45, 2.75) is 5.92 Å². The summed E-state index contributed by atoms with van der Waals surface area (Å²) in [6.45, 7) is 0. The minimum Gasteiger partial charge on any atom is -0.322 e. The van der Waals surface area contributed by atoms with Crippen LogP contribution in [-0.4, -0.2) is 31.3 Å². The minimum absolute atomic E-state index is 0.276. The molecule has 2 aromatic carbocycles. The third kappa shape index (κ3) is 3.72. The molecule has 7 nitrogen and oxygen atoms in total. The Labute approximate surface area is 176 Å². The molecule has 2 heterocycles. The third-order valence-electron chi connectivity index (χ3n) is 4.88. The van der Waals surface area contributed by atoms with E-state index >= 15 is 0 Å². The van der Waals surface area contributed by atoms with Crippen molar-refractivity contribution in [3.63, 3.8) is 0 Å². The molecule has 0 radical (unpaired) electrons. The van der Waals surface area contributed by atoms with Gasteiger partial charge in [0.1, 0.15) is 12.1 Å². The van der Waals surface area contributed by atoms with Gasteiger partial charge in [0.2, 0.25) is 0 Å². The van der Waals surface area contributed by atoms with Gasteiger partial charge in [0.15, 0.2) is 5.82 Å². The number of aromatic nitrogens is 5. The first-order valence-corrected chi connectivity index (χ1v) is 9.47. The predicted molar refractivity (Wildman–Crippen MR) is 114 cm³/mol. The van der Waals surface area contributed by atoms with Crippen LogP contribution in [0, 0.1) is 17.7 Å². The van der Waals surface area contributed by atoms with E-state index in [0.29, 0.717) is 17.1 Å². The average Bonchev–Trinajstić information content (AvgIpc) is 3.40. The van der Waals surface area contributed by atoms with E-state index in [4.69, 9.17) is 0 Å². The molecule has 0 saturated carbocycles. The van der Waals surface area contributed by atoms with Crippen molar-refractivity contribution >= 4 is 22.5 Å². The van der Waals surface area contributed by atoms with E-state index in [9.17, 15) is 9.18 Å². The molecule has 3 N–H and O–H groups in total. The minimum atomic E-state index is -0.362. The van der Waals surface area contributed by atoms with Crippen LogP contribution in [0.5, 0.6) is 0 Å². The summed E-state index contributed by atoms with van der Waals surface area (Å²) < 4.78 is 13.1. The van der Waals surface area contributed by atoms with Crippen LogP contribution >= 0.6 is 0 Å². The number of anilines is 1. The predicted octanol–water partition coefficient (Wildman–Crippen LogP) is 3.71. The topological polar surface area (TPSA) is 99.3 Å². The lowest BCUT2D eigenvalue weighted by Gasteiger charge is -2.06. The van der Waals surface area contributed by atoms with Gasteiger partial charge in [-0.25, -0.2) is 9.37 Å². The number of aromatic amines is 2. The first-order chi connectivity index (χ1) is 15.2. The zero-order chi connectivity index (χ0) is 21.2. The van der Waals surface area contributed by atoms with Gasteiger partial charge in [0, 0.05) is 28.3 Å². The average molecular weight is 410 g/mol. The number of allylic oxidation sites excluding steroid dienone is 2. The van der Waals surface area contributed by atoms with Gasteiger partial charge in [-0.3, -0.25) is 15.0 Å². The molecule has 0 aliphatic heterocycles. The maximum Gasteiger partial charge on any atom is 0.256 e. The molecule has 4 aromatic rings. The van der Waals surface area contributed by atoms with Gasteiger partial charge in [0.25, 0.3) is 5.91 Å². The number of amides is 1. The summed E-state index contributed by atoms with van der Waals surface area (Å²) in [5.74, 6) is 5.79. The van der Waals surface area contributed by atoms with Gasteiger partial charge in [0.05, 0.1) is 17.1 Å². The van der Waals surface area contributed by atoms with Crippen LogP contribution in [0.1, 0.15) is 11.6 Å². The van der Waals surface area contributed by atoms with E-state index in [0.717, 1.165) is 22.2 Å². The molecule has 1 atom stereocenters. The number of hydrogen-bond acceptors (Lipinski definition) is 4. The highest BCUT2D eigenvalue weighted by molar-refractivity contribution is 6.06. The first kappa shape index (κ1) is 18.5. The van der Waals surface area contributed by atoms with E-state index in [1.807, 2.05) is 24.3 Å². The molecule has 0 spiro atoms. The number of fused-ring (bicyclic) bond motifs is 1. The number of halogens is 1. The highest BCUT2D eigenvalue weighted by Crippen LogP contribution is 2.28. The number of H-pyrrole nitrogens is 2.